The molecule has 0 aliphatic heterocycles. The summed E-state index contributed by atoms with van der Waals surface area (Å²) >= 11 is 5.94. The fraction of sp³-hybridized carbons (Fsp3) is 0.118. The van der Waals surface area contributed by atoms with E-state index in [4.69, 9.17) is 16.3 Å². The van der Waals surface area contributed by atoms with Crippen LogP contribution in [0.15, 0.2) is 52.1 Å². The third-order valence-electron chi connectivity index (χ3n) is 3.64. The number of para-hydroxylation sites is 1. The number of hydrogen-bond donors (Lipinski definition) is 2. The maximum atomic E-state index is 12.4. The molecule has 3 rings (SSSR count). The average Bonchev–Trinajstić information content (AvgIpc) is 2.59. The van der Waals surface area contributed by atoms with Gasteiger partial charge in [-0.05, 0) is 30.3 Å². The van der Waals surface area contributed by atoms with Gasteiger partial charge < -0.3 is 10.1 Å². The Morgan fingerprint density at radius 1 is 1.24 bits per heavy atom. The van der Waals surface area contributed by atoms with Crippen molar-refractivity contribution < 1.29 is 9.53 Å². The van der Waals surface area contributed by atoms with E-state index >= 15 is 0 Å². The molecule has 0 atom stereocenters. The minimum Gasteiger partial charge on any atom is -0.495 e. The summed E-state index contributed by atoms with van der Waals surface area (Å²) in [6.45, 7) is -0.272. The Balaban J connectivity index is 1.95. The van der Waals surface area contributed by atoms with Gasteiger partial charge in [-0.15, -0.1) is 0 Å². The number of benzene rings is 2. The van der Waals surface area contributed by atoms with Crippen LogP contribution in [0, 0.1) is 0 Å². The van der Waals surface area contributed by atoms with Gasteiger partial charge in [0.2, 0.25) is 5.91 Å². The lowest BCUT2D eigenvalue weighted by atomic mass is 10.2. The lowest BCUT2D eigenvalue weighted by Gasteiger charge is -2.12. The van der Waals surface area contributed by atoms with Crippen LogP contribution >= 0.6 is 11.6 Å². The molecule has 0 aliphatic carbocycles. The van der Waals surface area contributed by atoms with Gasteiger partial charge in [0.1, 0.15) is 12.3 Å². The predicted molar refractivity (Wildman–Crippen MR) is 95.5 cm³/mol. The van der Waals surface area contributed by atoms with E-state index in [0.717, 1.165) is 0 Å². The molecule has 0 saturated heterocycles. The Kier molecular flexibility index (Phi) is 4.58. The molecule has 3 aromatic rings. The molecule has 0 fully saturated rings. The summed E-state index contributed by atoms with van der Waals surface area (Å²) in [5, 5.41) is 3.42. The number of anilines is 1. The number of methoxy groups -OCH3 is 1. The highest BCUT2D eigenvalue weighted by Gasteiger charge is 2.13. The van der Waals surface area contributed by atoms with Crippen LogP contribution in [0.25, 0.3) is 10.9 Å². The van der Waals surface area contributed by atoms with Gasteiger partial charge in [0.15, 0.2) is 0 Å². The number of amides is 1. The zero-order valence-corrected chi connectivity index (χ0v) is 14.0. The largest absolute Gasteiger partial charge is 0.495 e. The van der Waals surface area contributed by atoms with Gasteiger partial charge in [0.25, 0.3) is 5.56 Å². The van der Waals surface area contributed by atoms with E-state index in [1.807, 2.05) is 0 Å². The van der Waals surface area contributed by atoms with Crippen molar-refractivity contribution >= 4 is 34.1 Å². The molecule has 25 heavy (non-hydrogen) atoms. The number of nitrogens with one attached hydrogen (secondary N) is 2. The first-order chi connectivity index (χ1) is 12.0. The third-order valence-corrected chi connectivity index (χ3v) is 3.88. The number of H-pyrrole nitrogens is 1. The van der Waals surface area contributed by atoms with E-state index < -0.39 is 17.2 Å². The van der Waals surface area contributed by atoms with Crippen LogP contribution in [0.1, 0.15) is 0 Å². The highest BCUT2D eigenvalue weighted by molar-refractivity contribution is 6.31. The summed E-state index contributed by atoms with van der Waals surface area (Å²) in [6, 6.07) is 11.4. The summed E-state index contributed by atoms with van der Waals surface area (Å²) in [5.74, 6) is -0.0173. The molecule has 2 N–H and O–H groups in total. The van der Waals surface area contributed by atoms with Crippen molar-refractivity contribution in [2.24, 2.45) is 0 Å². The van der Waals surface area contributed by atoms with E-state index in [9.17, 15) is 14.4 Å². The topological polar surface area (TPSA) is 93.2 Å². The smallest absolute Gasteiger partial charge is 0.329 e. The molecule has 1 amide bonds. The molecule has 0 bridgehead atoms. The molecule has 128 valence electrons. The van der Waals surface area contributed by atoms with E-state index in [-0.39, 0.29) is 6.54 Å². The second-order valence-corrected chi connectivity index (χ2v) is 5.69. The van der Waals surface area contributed by atoms with E-state index in [0.29, 0.717) is 27.4 Å². The van der Waals surface area contributed by atoms with Crippen molar-refractivity contribution in [2.45, 2.75) is 6.54 Å². The molecule has 8 heteroatoms. The normalized spacial score (nSPS) is 10.6. The quantitative estimate of drug-likeness (QED) is 0.745. The minimum absolute atomic E-state index is 0.272. The highest BCUT2D eigenvalue weighted by atomic mass is 35.5. The van der Waals surface area contributed by atoms with Gasteiger partial charge in [0.05, 0.1) is 23.7 Å². The van der Waals surface area contributed by atoms with Crippen molar-refractivity contribution in [1.29, 1.82) is 0 Å². The van der Waals surface area contributed by atoms with Crippen LogP contribution in [-0.2, 0) is 11.3 Å². The highest BCUT2D eigenvalue weighted by Crippen LogP contribution is 2.27. The number of fused-ring (bicyclic) bond motifs is 1. The maximum absolute atomic E-state index is 12.4. The molecule has 1 aromatic heterocycles. The van der Waals surface area contributed by atoms with Crippen molar-refractivity contribution in [3.8, 4) is 5.75 Å². The van der Waals surface area contributed by atoms with Crippen molar-refractivity contribution in [3.05, 3.63) is 68.3 Å². The number of aromatic nitrogens is 2. The van der Waals surface area contributed by atoms with E-state index in [1.165, 1.54) is 11.7 Å². The standard InChI is InChI=1S/C17H14ClN3O4/c1-25-14-7-6-10(18)8-12(14)19-15(22)9-21-13-5-3-2-4-11(13)16(23)20-17(21)24/h2-8H,9H2,1H3,(H,19,22)(H,20,23,24). The van der Waals surface area contributed by atoms with Crippen molar-refractivity contribution in [1.82, 2.24) is 9.55 Å². The summed E-state index contributed by atoms with van der Waals surface area (Å²) in [7, 11) is 1.47. The summed E-state index contributed by atoms with van der Waals surface area (Å²) in [6.07, 6.45) is 0. The van der Waals surface area contributed by atoms with Gasteiger partial charge in [-0.25, -0.2) is 4.79 Å². The molecule has 0 aliphatic rings. The SMILES string of the molecule is COc1ccc(Cl)cc1NC(=O)Cn1c(=O)[nH]c(=O)c2ccccc21. The molecule has 0 unspecified atom stereocenters. The summed E-state index contributed by atoms with van der Waals surface area (Å²) in [4.78, 5) is 38.5. The molecule has 2 aromatic carbocycles. The molecule has 0 radical (unpaired) electrons. The fourth-order valence-corrected chi connectivity index (χ4v) is 2.68. The third kappa shape index (κ3) is 3.41. The Morgan fingerprint density at radius 3 is 2.76 bits per heavy atom. The van der Waals surface area contributed by atoms with Gasteiger partial charge in [-0.2, -0.15) is 0 Å². The molecular formula is C17H14ClN3O4. The monoisotopic (exact) mass is 359 g/mol. The minimum atomic E-state index is -0.656. The number of rotatable bonds is 4. The van der Waals surface area contributed by atoms with Crippen molar-refractivity contribution in [2.75, 3.05) is 12.4 Å². The Morgan fingerprint density at radius 2 is 2.00 bits per heavy atom. The summed E-state index contributed by atoms with van der Waals surface area (Å²) in [5.41, 5.74) is -0.378. The predicted octanol–water partition coefficient (Wildman–Crippen LogP) is 1.99. The number of halogens is 1. The first-order valence-corrected chi connectivity index (χ1v) is 7.72. The van der Waals surface area contributed by atoms with Crippen LogP contribution in [0.2, 0.25) is 5.02 Å². The average molecular weight is 360 g/mol. The second-order valence-electron chi connectivity index (χ2n) is 5.26. The van der Waals surface area contributed by atoms with Gasteiger partial charge in [-0.3, -0.25) is 19.1 Å². The van der Waals surface area contributed by atoms with Crippen LogP contribution in [0.5, 0.6) is 5.75 Å². The number of carbonyl (C=O) groups excluding carboxylic acids is 1. The number of nitrogens with zero attached hydrogens (tertiary/aromatic N) is 1. The van der Waals surface area contributed by atoms with Gasteiger partial charge >= 0.3 is 5.69 Å². The van der Waals surface area contributed by atoms with E-state index in [1.54, 1.807) is 42.5 Å². The molecule has 0 saturated carbocycles. The number of hydrogen-bond acceptors (Lipinski definition) is 4. The van der Waals surface area contributed by atoms with Crippen LogP contribution in [0.4, 0.5) is 5.69 Å². The zero-order valence-electron chi connectivity index (χ0n) is 13.2. The van der Waals surface area contributed by atoms with Gasteiger partial charge in [0, 0.05) is 5.02 Å². The van der Waals surface area contributed by atoms with Crippen LogP contribution in [-0.4, -0.2) is 22.6 Å². The molecular weight excluding hydrogens is 346 g/mol. The lowest BCUT2D eigenvalue weighted by molar-refractivity contribution is -0.116. The Labute approximate surface area is 146 Å². The van der Waals surface area contributed by atoms with Crippen LogP contribution in [0.3, 0.4) is 0 Å². The van der Waals surface area contributed by atoms with Crippen LogP contribution < -0.4 is 21.3 Å². The second kappa shape index (κ2) is 6.82. The lowest BCUT2D eigenvalue weighted by Crippen LogP contribution is -2.34. The zero-order chi connectivity index (χ0) is 18.0. The van der Waals surface area contributed by atoms with Gasteiger partial charge in [-0.1, -0.05) is 23.7 Å². The number of carbonyl (C=O) groups is 1. The Bertz CT molecular complexity index is 1070. The Hall–Kier alpha value is -3.06. The number of aromatic amines is 1. The van der Waals surface area contributed by atoms with Crippen molar-refractivity contribution in [3.63, 3.8) is 0 Å². The summed E-state index contributed by atoms with van der Waals surface area (Å²) < 4.78 is 6.37. The molecule has 7 nitrogen and oxygen atoms in total. The first-order valence-electron chi connectivity index (χ1n) is 7.35. The number of ether oxygens (including phenoxy) is 1. The molecule has 1 heterocycles. The maximum Gasteiger partial charge on any atom is 0.329 e. The first kappa shape index (κ1) is 16.8. The van der Waals surface area contributed by atoms with E-state index in [2.05, 4.69) is 10.3 Å². The molecule has 0 spiro atoms. The fourth-order valence-electron chi connectivity index (χ4n) is 2.51.